The zero-order valence-corrected chi connectivity index (χ0v) is 15.5. The third-order valence-corrected chi connectivity index (χ3v) is 5.85. The maximum Gasteiger partial charge on any atom is 0.0607 e. The SMILES string of the molecule is CC1CCC(OCCN2CCN(C)CC2)C(Cc2ccccc2)C1. The molecule has 2 aliphatic rings. The van der Waals surface area contributed by atoms with Gasteiger partial charge in [-0.05, 0) is 50.1 Å². The van der Waals surface area contributed by atoms with Gasteiger partial charge >= 0.3 is 0 Å². The minimum atomic E-state index is 0.453. The predicted molar refractivity (Wildman–Crippen MR) is 100 cm³/mol. The van der Waals surface area contributed by atoms with E-state index in [1.54, 1.807) is 0 Å². The lowest BCUT2D eigenvalue weighted by molar-refractivity contribution is -0.0309. The Morgan fingerprint density at radius 1 is 1.04 bits per heavy atom. The van der Waals surface area contributed by atoms with Gasteiger partial charge in [-0.3, -0.25) is 4.90 Å². The highest BCUT2D eigenvalue weighted by Crippen LogP contribution is 2.33. The molecule has 0 N–H and O–H groups in total. The highest BCUT2D eigenvalue weighted by molar-refractivity contribution is 5.15. The molecule has 2 fully saturated rings. The van der Waals surface area contributed by atoms with Crippen LogP contribution in [0.3, 0.4) is 0 Å². The van der Waals surface area contributed by atoms with Crippen LogP contribution >= 0.6 is 0 Å². The molecule has 3 unspecified atom stereocenters. The number of hydrogen-bond acceptors (Lipinski definition) is 3. The van der Waals surface area contributed by atoms with Crippen molar-refractivity contribution < 1.29 is 4.74 Å². The Labute approximate surface area is 148 Å². The van der Waals surface area contributed by atoms with E-state index in [4.69, 9.17) is 4.74 Å². The Hall–Kier alpha value is -0.900. The molecule has 1 saturated carbocycles. The topological polar surface area (TPSA) is 15.7 Å². The Bertz CT molecular complexity index is 470. The summed E-state index contributed by atoms with van der Waals surface area (Å²) < 4.78 is 6.39. The lowest BCUT2D eigenvalue weighted by Crippen LogP contribution is -2.46. The number of ether oxygens (including phenoxy) is 1. The Kier molecular flexibility index (Phi) is 6.70. The standard InChI is InChI=1S/C21H34N2O/c1-18-8-9-21(20(16-18)17-19-6-4-3-5-7-19)24-15-14-23-12-10-22(2)11-13-23/h3-7,18,20-21H,8-17H2,1-2H3. The van der Waals surface area contributed by atoms with Crippen molar-refractivity contribution in [2.45, 2.75) is 38.7 Å². The fourth-order valence-electron chi connectivity index (χ4n) is 4.23. The summed E-state index contributed by atoms with van der Waals surface area (Å²) in [5.74, 6) is 1.53. The molecular formula is C21H34N2O. The van der Waals surface area contributed by atoms with Gasteiger partial charge in [0.1, 0.15) is 0 Å². The summed E-state index contributed by atoms with van der Waals surface area (Å²) in [5, 5.41) is 0. The largest absolute Gasteiger partial charge is 0.377 e. The number of likely N-dealkylation sites (N-methyl/N-ethyl adjacent to an activating group) is 1. The summed E-state index contributed by atoms with van der Waals surface area (Å²) in [7, 11) is 2.21. The van der Waals surface area contributed by atoms with E-state index in [-0.39, 0.29) is 0 Å². The fraction of sp³-hybridized carbons (Fsp3) is 0.714. The van der Waals surface area contributed by atoms with Gasteiger partial charge in [0.2, 0.25) is 0 Å². The van der Waals surface area contributed by atoms with E-state index < -0.39 is 0 Å². The molecule has 1 aromatic rings. The van der Waals surface area contributed by atoms with Crippen LogP contribution in [0.4, 0.5) is 0 Å². The van der Waals surface area contributed by atoms with Crippen LogP contribution in [0.1, 0.15) is 31.7 Å². The van der Waals surface area contributed by atoms with Gasteiger partial charge in [0, 0.05) is 32.7 Å². The van der Waals surface area contributed by atoms with Gasteiger partial charge in [0.25, 0.3) is 0 Å². The van der Waals surface area contributed by atoms with Gasteiger partial charge in [0.05, 0.1) is 12.7 Å². The van der Waals surface area contributed by atoms with Crippen molar-refractivity contribution in [2.75, 3.05) is 46.4 Å². The molecule has 0 radical (unpaired) electrons. The normalized spacial score (nSPS) is 29.7. The average Bonchev–Trinajstić information content (AvgIpc) is 2.59. The van der Waals surface area contributed by atoms with E-state index in [0.29, 0.717) is 12.0 Å². The number of piperazine rings is 1. The van der Waals surface area contributed by atoms with Crippen LogP contribution in [0.2, 0.25) is 0 Å². The van der Waals surface area contributed by atoms with Gasteiger partial charge in [0.15, 0.2) is 0 Å². The van der Waals surface area contributed by atoms with E-state index in [1.165, 1.54) is 57.4 Å². The molecule has 134 valence electrons. The van der Waals surface area contributed by atoms with Crippen LogP contribution in [0.5, 0.6) is 0 Å². The third kappa shape index (κ3) is 5.30. The molecule has 24 heavy (non-hydrogen) atoms. The molecule has 1 heterocycles. The minimum Gasteiger partial charge on any atom is -0.377 e. The molecule has 3 atom stereocenters. The van der Waals surface area contributed by atoms with Crippen LogP contribution in [-0.4, -0.2) is 62.3 Å². The van der Waals surface area contributed by atoms with Crippen molar-refractivity contribution in [3.63, 3.8) is 0 Å². The molecule has 3 rings (SSSR count). The highest BCUT2D eigenvalue weighted by Gasteiger charge is 2.29. The van der Waals surface area contributed by atoms with Crippen molar-refractivity contribution in [1.29, 1.82) is 0 Å². The van der Waals surface area contributed by atoms with E-state index in [9.17, 15) is 0 Å². The first-order valence-electron chi connectivity index (χ1n) is 9.77. The molecule has 0 bridgehead atoms. The summed E-state index contributed by atoms with van der Waals surface area (Å²) in [4.78, 5) is 4.97. The average molecular weight is 331 g/mol. The molecule has 1 aliphatic heterocycles. The molecule has 3 nitrogen and oxygen atoms in total. The first-order valence-corrected chi connectivity index (χ1v) is 9.77. The van der Waals surface area contributed by atoms with E-state index >= 15 is 0 Å². The predicted octanol–water partition coefficient (Wildman–Crippen LogP) is 3.30. The van der Waals surface area contributed by atoms with E-state index in [0.717, 1.165) is 19.1 Å². The first kappa shape index (κ1) is 17.9. The fourth-order valence-corrected chi connectivity index (χ4v) is 4.23. The highest BCUT2D eigenvalue weighted by atomic mass is 16.5. The Morgan fingerprint density at radius 3 is 2.54 bits per heavy atom. The van der Waals surface area contributed by atoms with Crippen LogP contribution in [-0.2, 0) is 11.2 Å². The van der Waals surface area contributed by atoms with Crippen LogP contribution in [0.15, 0.2) is 30.3 Å². The number of nitrogens with zero attached hydrogens (tertiary/aromatic N) is 2. The number of rotatable bonds is 6. The Balaban J connectivity index is 1.47. The lowest BCUT2D eigenvalue weighted by Gasteiger charge is -2.36. The second kappa shape index (κ2) is 8.98. The Morgan fingerprint density at radius 2 is 1.79 bits per heavy atom. The maximum absolute atomic E-state index is 6.39. The maximum atomic E-state index is 6.39. The van der Waals surface area contributed by atoms with E-state index in [2.05, 4.69) is 54.1 Å². The zero-order chi connectivity index (χ0) is 16.8. The van der Waals surface area contributed by atoms with Crippen LogP contribution in [0, 0.1) is 11.8 Å². The quantitative estimate of drug-likeness (QED) is 0.796. The van der Waals surface area contributed by atoms with Crippen molar-refractivity contribution in [1.82, 2.24) is 9.80 Å². The van der Waals surface area contributed by atoms with Gasteiger partial charge in [-0.2, -0.15) is 0 Å². The van der Waals surface area contributed by atoms with Gasteiger partial charge < -0.3 is 9.64 Å². The summed E-state index contributed by atoms with van der Waals surface area (Å²) in [5.41, 5.74) is 1.46. The number of benzene rings is 1. The van der Waals surface area contributed by atoms with Crippen molar-refractivity contribution in [3.8, 4) is 0 Å². The molecule has 0 aromatic heterocycles. The molecule has 1 aromatic carbocycles. The summed E-state index contributed by atoms with van der Waals surface area (Å²) in [6.07, 6.45) is 5.50. The molecular weight excluding hydrogens is 296 g/mol. The number of hydrogen-bond donors (Lipinski definition) is 0. The smallest absolute Gasteiger partial charge is 0.0607 e. The summed E-state index contributed by atoms with van der Waals surface area (Å²) in [6.45, 7) is 9.16. The molecule has 3 heteroatoms. The molecule has 1 saturated heterocycles. The van der Waals surface area contributed by atoms with Gasteiger partial charge in [-0.1, -0.05) is 37.3 Å². The zero-order valence-electron chi connectivity index (χ0n) is 15.5. The monoisotopic (exact) mass is 330 g/mol. The van der Waals surface area contributed by atoms with E-state index in [1.807, 2.05) is 0 Å². The van der Waals surface area contributed by atoms with Crippen LogP contribution < -0.4 is 0 Å². The summed E-state index contributed by atoms with van der Waals surface area (Å²) >= 11 is 0. The molecule has 1 aliphatic carbocycles. The van der Waals surface area contributed by atoms with Crippen molar-refractivity contribution in [3.05, 3.63) is 35.9 Å². The third-order valence-electron chi connectivity index (χ3n) is 5.85. The minimum absolute atomic E-state index is 0.453. The second-order valence-electron chi connectivity index (χ2n) is 7.92. The van der Waals surface area contributed by atoms with Crippen molar-refractivity contribution >= 4 is 0 Å². The summed E-state index contributed by atoms with van der Waals surface area (Å²) in [6, 6.07) is 11.0. The van der Waals surface area contributed by atoms with Gasteiger partial charge in [-0.15, -0.1) is 0 Å². The molecule has 0 amide bonds. The first-order chi connectivity index (χ1) is 11.7. The second-order valence-corrected chi connectivity index (χ2v) is 7.92. The van der Waals surface area contributed by atoms with Crippen LogP contribution in [0.25, 0.3) is 0 Å². The molecule has 0 spiro atoms. The van der Waals surface area contributed by atoms with Crippen molar-refractivity contribution in [2.24, 2.45) is 11.8 Å². The van der Waals surface area contributed by atoms with Gasteiger partial charge in [-0.25, -0.2) is 0 Å². The lowest BCUT2D eigenvalue weighted by atomic mass is 9.77.